The lowest BCUT2D eigenvalue weighted by molar-refractivity contribution is 0.102. The van der Waals surface area contributed by atoms with Gasteiger partial charge in [-0.25, -0.2) is 13.8 Å². The molecule has 3 aromatic rings. The lowest BCUT2D eigenvalue weighted by Crippen LogP contribution is -2.15. The van der Waals surface area contributed by atoms with E-state index in [9.17, 15) is 13.6 Å². The van der Waals surface area contributed by atoms with Gasteiger partial charge in [-0.2, -0.15) is 4.98 Å². The summed E-state index contributed by atoms with van der Waals surface area (Å²) in [4.78, 5) is 20.5. The normalized spacial score (nSPS) is 10.7. The Hall–Kier alpha value is -2.88. The van der Waals surface area contributed by atoms with Crippen molar-refractivity contribution < 1.29 is 13.6 Å². The number of thiazole rings is 1. The molecule has 0 spiro atoms. The van der Waals surface area contributed by atoms with Crippen molar-refractivity contribution in [3.8, 4) is 0 Å². The summed E-state index contributed by atoms with van der Waals surface area (Å²) in [6.45, 7) is 3.41. The number of carbonyl (C=O) groups excluding carboxylic acids is 1. The van der Waals surface area contributed by atoms with Crippen molar-refractivity contribution in [1.82, 2.24) is 20.2 Å². The van der Waals surface area contributed by atoms with Gasteiger partial charge >= 0.3 is 0 Å². The molecule has 1 amide bonds. The number of aryl methyl sites for hydroxylation is 2. The van der Waals surface area contributed by atoms with Crippen molar-refractivity contribution >= 4 is 33.9 Å². The summed E-state index contributed by atoms with van der Waals surface area (Å²) >= 11 is 1.19. The van der Waals surface area contributed by atoms with Crippen LogP contribution < -0.4 is 10.6 Å². The highest BCUT2D eigenvalue weighted by Gasteiger charge is 2.19. The Morgan fingerprint density at radius 3 is 2.50 bits per heavy atom. The molecule has 0 saturated carbocycles. The van der Waals surface area contributed by atoms with E-state index in [2.05, 4.69) is 30.8 Å². The molecular weight excluding hydrogens is 338 g/mol. The molecular formula is C14H12F2N6OS. The molecule has 3 rings (SSSR count). The molecule has 2 aromatic heterocycles. The molecule has 7 nitrogen and oxygen atoms in total. The van der Waals surface area contributed by atoms with E-state index < -0.39 is 17.5 Å². The van der Waals surface area contributed by atoms with Gasteiger partial charge in [-0.15, -0.1) is 16.4 Å². The van der Waals surface area contributed by atoms with Gasteiger partial charge in [-0.1, -0.05) is 0 Å². The van der Waals surface area contributed by atoms with Crippen LogP contribution in [0.4, 0.5) is 25.4 Å². The zero-order valence-corrected chi connectivity index (χ0v) is 13.5. The zero-order chi connectivity index (χ0) is 17.3. The number of nitrogens with zero attached hydrogens (tertiary/aromatic N) is 3. The summed E-state index contributed by atoms with van der Waals surface area (Å²) < 4.78 is 26.6. The highest BCUT2D eigenvalue weighted by atomic mass is 32.1. The molecule has 0 fully saturated rings. The minimum atomic E-state index is -0.721. The molecule has 1 aromatic carbocycles. The first-order valence-corrected chi connectivity index (χ1v) is 7.63. The van der Waals surface area contributed by atoms with Gasteiger partial charge in [0, 0.05) is 11.8 Å². The van der Waals surface area contributed by atoms with E-state index in [1.54, 1.807) is 13.8 Å². The second kappa shape index (κ2) is 6.32. The number of benzene rings is 1. The van der Waals surface area contributed by atoms with Crippen LogP contribution in [0, 0.1) is 25.5 Å². The minimum Gasteiger partial charge on any atom is -0.345 e. The van der Waals surface area contributed by atoms with E-state index in [1.165, 1.54) is 11.3 Å². The van der Waals surface area contributed by atoms with Gasteiger partial charge in [0.2, 0.25) is 5.95 Å². The van der Waals surface area contributed by atoms with Gasteiger partial charge < -0.3 is 5.32 Å². The fourth-order valence-electron chi connectivity index (χ4n) is 1.98. The van der Waals surface area contributed by atoms with Gasteiger partial charge in [0.1, 0.15) is 22.5 Å². The summed E-state index contributed by atoms with van der Waals surface area (Å²) in [5, 5.41) is 12.7. The number of nitrogens with one attached hydrogen (secondary N) is 3. The quantitative estimate of drug-likeness (QED) is 0.672. The van der Waals surface area contributed by atoms with Crippen molar-refractivity contribution in [2.24, 2.45) is 0 Å². The molecule has 0 aliphatic carbocycles. The number of carbonyl (C=O) groups is 1. The second-order valence-corrected chi connectivity index (χ2v) is 6.10. The topological polar surface area (TPSA) is 95.6 Å². The van der Waals surface area contributed by atoms with E-state index in [1.807, 2.05) is 0 Å². The first-order valence-electron chi connectivity index (χ1n) is 6.81. The van der Waals surface area contributed by atoms with Crippen molar-refractivity contribution in [2.45, 2.75) is 13.8 Å². The minimum absolute atomic E-state index is 0.0876. The maximum Gasteiger partial charge on any atom is 0.279 e. The Kier molecular flexibility index (Phi) is 4.21. The van der Waals surface area contributed by atoms with Crippen LogP contribution in [0.3, 0.4) is 0 Å². The molecule has 124 valence electrons. The van der Waals surface area contributed by atoms with E-state index in [0.717, 1.165) is 18.2 Å². The van der Waals surface area contributed by atoms with Crippen molar-refractivity contribution in [2.75, 3.05) is 10.6 Å². The van der Waals surface area contributed by atoms with Crippen LogP contribution in [0.25, 0.3) is 0 Å². The fourth-order valence-corrected chi connectivity index (χ4v) is 2.82. The van der Waals surface area contributed by atoms with Crippen molar-refractivity contribution in [1.29, 1.82) is 0 Å². The molecule has 3 N–H and O–H groups in total. The summed E-state index contributed by atoms with van der Waals surface area (Å²) in [5.41, 5.74) is 0.267. The number of aromatic nitrogens is 4. The maximum absolute atomic E-state index is 13.3. The van der Waals surface area contributed by atoms with Crippen LogP contribution in [-0.2, 0) is 0 Å². The second-order valence-electron chi connectivity index (χ2n) is 4.89. The van der Waals surface area contributed by atoms with Crippen LogP contribution in [0.1, 0.15) is 21.3 Å². The number of rotatable bonds is 4. The van der Waals surface area contributed by atoms with Gasteiger partial charge in [0.15, 0.2) is 5.69 Å². The van der Waals surface area contributed by atoms with Crippen LogP contribution in [-0.4, -0.2) is 26.1 Å². The Morgan fingerprint density at radius 1 is 1.17 bits per heavy atom. The molecule has 0 aliphatic rings. The average molecular weight is 350 g/mol. The zero-order valence-electron chi connectivity index (χ0n) is 12.6. The number of anilines is 3. The summed E-state index contributed by atoms with van der Waals surface area (Å²) in [7, 11) is 0. The van der Waals surface area contributed by atoms with Crippen LogP contribution in [0.2, 0.25) is 0 Å². The number of halogens is 2. The van der Waals surface area contributed by atoms with Gasteiger partial charge in [0.05, 0.1) is 5.01 Å². The standard InChI is InChI=1S/C14H12F2N6OS/c1-6-17-14(22-21-6)20-12(23)11-13(24-7(2)18-11)19-10-4-8(15)3-9(16)5-10/h3-5,19H,1-2H3,(H2,17,20,21,22,23). The molecule has 0 saturated heterocycles. The van der Waals surface area contributed by atoms with E-state index >= 15 is 0 Å². The van der Waals surface area contributed by atoms with Gasteiger partial charge in [0.25, 0.3) is 5.91 Å². The van der Waals surface area contributed by atoms with E-state index in [-0.39, 0.29) is 17.3 Å². The Labute approximate surface area is 139 Å². The Balaban J connectivity index is 1.85. The Morgan fingerprint density at radius 2 is 1.88 bits per heavy atom. The molecule has 0 aliphatic heterocycles. The number of aromatic amines is 1. The summed E-state index contributed by atoms with van der Waals surface area (Å²) in [6.07, 6.45) is 0. The number of H-pyrrole nitrogens is 1. The van der Waals surface area contributed by atoms with E-state index in [0.29, 0.717) is 15.8 Å². The molecule has 0 radical (unpaired) electrons. The van der Waals surface area contributed by atoms with Crippen LogP contribution in [0.5, 0.6) is 0 Å². The molecule has 24 heavy (non-hydrogen) atoms. The third kappa shape index (κ3) is 3.54. The summed E-state index contributed by atoms with van der Waals surface area (Å²) in [5.74, 6) is -1.31. The number of hydrogen-bond donors (Lipinski definition) is 3. The predicted molar refractivity (Wildman–Crippen MR) is 85.6 cm³/mol. The average Bonchev–Trinajstić information content (AvgIpc) is 3.03. The van der Waals surface area contributed by atoms with Crippen LogP contribution >= 0.6 is 11.3 Å². The molecule has 10 heteroatoms. The highest BCUT2D eigenvalue weighted by molar-refractivity contribution is 7.16. The summed E-state index contributed by atoms with van der Waals surface area (Å²) in [6, 6.07) is 3.01. The third-order valence-electron chi connectivity index (χ3n) is 2.89. The fraction of sp³-hybridized carbons (Fsp3) is 0.143. The van der Waals surface area contributed by atoms with Crippen molar-refractivity contribution in [3.63, 3.8) is 0 Å². The largest absolute Gasteiger partial charge is 0.345 e. The molecule has 0 bridgehead atoms. The van der Waals surface area contributed by atoms with E-state index in [4.69, 9.17) is 0 Å². The Bertz CT molecular complexity index is 886. The molecule has 2 heterocycles. The maximum atomic E-state index is 13.3. The lowest BCUT2D eigenvalue weighted by Gasteiger charge is -2.06. The third-order valence-corrected chi connectivity index (χ3v) is 3.78. The predicted octanol–water partition coefficient (Wildman–Crippen LogP) is 3.15. The SMILES string of the molecule is Cc1nc(NC(=O)c2nc(C)sc2Nc2cc(F)cc(F)c2)n[nH]1. The van der Waals surface area contributed by atoms with Gasteiger partial charge in [-0.3, -0.25) is 15.2 Å². The number of hydrogen-bond acceptors (Lipinski definition) is 6. The van der Waals surface area contributed by atoms with Gasteiger partial charge in [-0.05, 0) is 26.0 Å². The first kappa shape index (κ1) is 16.0. The monoisotopic (exact) mass is 350 g/mol. The number of amides is 1. The molecule has 0 unspecified atom stereocenters. The highest BCUT2D eigenvalue weighted by Crippen LogP contribution is 2.29. The smallest absolute Gasteiger partial charge is 0.279 e. The first-order chi connectivity index (χ1) is 11.4. The lowest BCUT2D eigenvalue weighted by atomic mass is 10.3. The van der Waals surface area contributed by atoms with Crippen LogP contribution in [0.15, 0.2) is 18.2 Å². The molecule has 0 atom stereocenters. The van der Waals surface area contributed by atoms with Crippen molar-refractivity contribution in [3.05, 3.63) is 46.4 Å².